The van der Waals surface area contributed by atoms with E-state index >= 15 is 0 Å². The van der Waals surface area contributed by atoms with E-state index in [4.69, 9.17) is 4.42 Å². The normalized spacial score (nSPS) is 13.7. The molecule has 1 saturated carbocycles. The van der Waals surface area contributed by atoms with Gasteiger partial charge < -0.3 is 9.73 Å². The summed E-state index contributed by atoms with van der Waals surface area (Å²) < 4.78 is 8.49. The summed E-state index contributed by atoms with van der Waals surface area (Å²) in [6.07, 6.45) is 6.67. The molecule has 0 unspecified atom stereocenters. The quantitative estimate of drug-likeness (QED) is 0.540. The number of carbonyl (C=O) groups excluding carboxylic acids is 1. The van der Waals surface area contributed by atoms with Crippen molar-refractivity contribution in [3.63, 3.8) is 0 Å². The predicted octanol–water partition coefficient (Wildman–Crippen LogP) is 2.01. The lowest BCUT2D eigenvalue weighted by atomic mass is 10.2. The van der Waals surface area contributed by atoms with Gasteiger partial charge in [0.2, 0.25) is 5.82 Å². The number of hydrogen-bond donors (Lipinski definition) is 1. The van der Waals surface area contributed by atoms with Gasteiger partial charge in [0.15, 0.2) is 5.76 Å². The van der Waals surface area contributed by atoms with Crippen LogP contribution in [0.4, 0.5) is 0 Å². The summed E-state index contributed by atoms with van der Waals surface area (Å²) in [7, 11) is 0. The van der Waals surface area contributed by atoms with Crippen molar-refractivity contribution in [2.75, 3.05) is 6.54 Å². The molecule has 3 heterocycles. The Hall–Kier alpha value is -3.75. The lowest BCUT2D eigenvalue weighted by molar-refractivity contribution is 0.0952. The fraction of sp³-hybridized carbons (Fsp3) is 0.250. The van der Waals surface area contributed by atoms with Crippen LogP contribution >= 0.6 is 0 Å². The monoisotopic (exact) mass is 390 g/mol. The van der Waals surface area contributed by atoms with Crippen molar-refractivity contribution in [1.82, 2.24) is 29.6 Å². The smallest absolute Gasteiger partial charge is 0.346 e. The summed E-state index contributed by atoms with van der Waals surface area (Å²) in [6, 6.07) is 8.88. The Balaban J connectivity index is 1.30. The van der Waals surface area contributed by atoms with Gasteiger partial charge in [-0.3, -0.25) is 19.3 Å². The van der Waals surface area contributed by atoms with E-state index < -0.39 is 0 Å². The molecular formula is C20H18N6O3. The van der Waals surface area contributed by atoms with Gasteiger partial charge in [-0.25, -0.2) is 9.48 Å². The average Bonchev–Trinajstić information content (AvgIpc) is 3.32. The van der Waals surface area contributed by atoms with E-state index in [1.165, 1.54) is 4.68 Å². The fourth-order valence-corrected chi connectivity index (χ4v) is 3.28. The first-order valence-electron chi connectivity index (χ1n) is 9.43. The minimum atomic E-state index is -0.238. The molecule has 9 nitrogen and oxygen atoms in total. The van der Waals surface area contributed by atoms with Crippen LogP contribution in [0.3, 0.4) is 0 Å². The molecule has 146 valence electrons. The van der Waals surface area contributed by atoms with E-state index in [9.17, 15) is 9.59 Å². The van der Waals surface area contributed by atoms with Crippen molar-refractivity contribution in [2.45, 2.75) is 25.4 Å². The molecule has 0 bridgehead atoms. The zero-order valence-corrected chi connectivity index (χ0v) is 15.5. The number of fused-ring (bicyclic) bond motifs is 1. The summed E-state index contributed by atoms with van der Waals surface area (Å²) in [6.45, 7) is 0.544. The molecule has 9 heteroatoms. The van der Waals surface area contributed by atoms with Gasteiger partial charge in [-0.15, -0.1) is 5.10 Å². The first kappa shape index (κ1) is 17.4. The summed E-state index contributed by atoms with van der Waals surface area (Å²) in [5.41, 5.74) is 1.69. The molecule has 0 saturated heterocycles. The molecule has 0 spiro atoms. The molecule has 1 aromatic carbocycles. The molecule has 29 heavy (non-hydrogen) atoms. The van der Waals surface area contributed by atoms with Gasteiger partial charge in [0.1, 0.15) is 0 Å². The maximum absolute atomic E-state index is 12.8. The van der Waals surface area contributed by atoms with Crippen LogP contribution in [0.5, 0.6) is 0 Å². The Bertz CT molecular complexity index is 1240. The Morgan fingerprint density at radius 3 is 2.76 bits per heavy atom. The van der Waals surface area contributed by atoms with Crippen LogP contribution in [0.2, 0.25) is 0 Å². The van der Waals surface area contributed by atoms with Crippen LogP contribution in [0, 0.1) is 0 Å². The number of furan rings is 1. The Morgan fingerprint density at radius 1 is 1.17 bits per heavy atom. The second-order valence-corrected chi connectivity index (χ2v) is 6.92. The Morgan fingerprint density at radius 2 is 2.00 bits per heavy atom. The van der Waals surface area contributed by atoms with Crippen molar-refractivity contribution in [2.24, 2.45) is 0 Å². The zero-order chi connectivity index (χ0) is 19.8. The summed E-state index contributed by atoms with van der Waals surface area (Å²) >= 11 is 0. The number of nitrogens with one attached hydrogen (secondary N) is 1. The maximum Gasteiger partial charge on any atom is 0.346 e. The molecule has 0 atom stereocenters. The van der Waals surface area contributed by atoms with E-state index in [1.807, 2.05) is 0 Å². The number of carbonyl (C=O) groups is 1. The highest BCUT2D eigenvalue weighted by Gasteiger charge is 2.31. The van der Waals surface area contributed by atoms with E-state index in [-0.39, 0.29) is 30.7 Å². The summed E-state index contributed by atoms with van der Waals surface area (Å²) in [5, 5.41) is 7.26. The Labute approximate surface area is 165 Å². The van der Waals surface area contributed by atoms with Crippen LogP contribution in [0.1, 0.15) is 29.2 Å². The van der Waals surface area contributed by atoms with Gasteiger partial charge in [-0.05, 0) is 43.2 Å². The molecule has 0 aliphatic heterocycles. The average molecular weight is 390 g/mol. The molecule has 0 radical (unpaired) electrons. The van der Waals surface area contributed by atoms with Crippen molar-refractivity contribution < 1.29 is 9.21 Å². The standard InChI is InChI=1S/C20H18N6O3/c27-19(13-3-6-15-16(12-13)22-8-7-21-15)23-9-10-25-20(28)26(14-4-5-14)18(24-25)17-2-1-11-29-17/h1-3,6-8,11-12,14H,4-5,9-10H2,(H,23,27). The third-order valence-corrected chi connectivity index (χ3v) is 4.86. The molecule has 4 aromatic rings. The molecule has 1 aliphatic rings. The molecular weight excluding hydrogens is 372 g/mol. The minimum absolute atomic E-state index is 0.171. The van der Waals surface area contributed by atoms with Crippen molar-refractivity contribution >= 4 is 16.9 Å². The molecule has 1 fully saturated rings. The first-order chi connectivity index (χ1) is 14.2. The molecule has 1 N–H and O–H groups in total. The van der Waals surface area contributed by atoms with E-state index in [2.05, 4.69) is 20.4 Å². The van der Waals surface area contributed by atoms with E-state index in [0.717, 1.165) is 18.4 Å². The Kier molecular flexibility index (Phi) is 4.19. The van der Waals surface area contributed by atoms with Gasteiger partial charge >= 0.3 is 5.69 Å². The highest BCUT2D eigenvalue weighted by Crippen LogP contribution is 2.36. The summed E-state index contributed by atoms with van der Waals surface area (Å²) in [4.78, 5) is 33.6. The minimum Gasteiger partial charge on any atom is -0.461 e. The lowest BCUT2D eigenvalue weighted by Gasteiger charge is -2.05. The highest BCUT2D eigenvalue weighted by molar-refractivity contribution is 5.97. The number of hydrogen-bond acceptors (Lipinski definition) is 6. The number of rotatable bonds is 6. The maximum atomic E-state index is 12.8. The second-order valence-electron chi connectivity index (χ2n) is 6.92. The third kappa shape index (κ3) is 3.31. The van der Waals surface area contributed by atoms with Crippen LogP contribution in [-0.2, 0) is 6.54 Å². The van der Waals surface area contributed by atoms with Gasteiger partial charge in [0, 0.05) is 30.5 Å². The largest absolute Gasteiger partial charge is 0.461 e. The number of nitrogens with zero attached hydrogens (tertiary/aromatic N) is 5. The topological polar surface area (TPSA) is 108 Å². The SMILES string of the molecule is O=C(NCCn1nc(-c2ccco2)n(C2CC2)c1=O)c1ccc2nccnc2c1. The molecule has 5 rings (SSSR count). The van der Waals surface area contributed by atoms with E-state index in [1.54, 1.807) is 53.6 Å². The third-order valence-electron chi connectivity index (χ3n) is 4.86. The van der Waals surface area contributed by atoms with Gasteiger partial charge in [0.05, 0.1) is 23.8 Å². The number of amides is 1. The molecule has 3 aromatic heterocycles. The van der Waals surface area contributed by atoms with Crippen LogP contribution < -0.4 is 11.0 Å². The van der Waals surface area contributed by atoms with Gasteiger partial charge in [0.25, 0.3) is 5.91 Å². The zero-order valence-electron chi connectivity index (χ0n) is 15.5. The second kappa shape index (κ2) is 7.01. The predicted molar refractivity (Wildman–Crippen MR) is 104 cm³/mol. The van der Waals surface area contributed by atoms with Crippen molar-refractivity contribution in [1.29, 1.82) is 0 Å². The van der Waals surface area contributed by atoms with Crippen molar-refractivity contribution in [3.8, 4) is 11.6 Å². The van der Waals surface area contributed by atoms with Crippen LogP contribution in [-0.4, -0.2) is 36.8 Å². The highest BCUT2D eigenvalue weighted by atomic mass is 16.3. The number of benzene rings is 1. The van der Waals surface area contributed by atoms with Crippen LogP contribution in [0.25, 0.3) is 22.6 Å². The number of aromatic nitrogens is 5. The fourth-order valence-electron chi connectivity index (χ4n) is 3.28. The first-order valence-corrected chi connectivity index (χ1v) is 9.43. The summed E-state index contributed by atoms with van der Waals surface area (Å²) in [5.74, 6) is 0.856. The van der Waals surface area contributed by atoms with Crippen LogP contribution in [0.15, 0.2) is 58.2 Å². The lowest BCUT2D eigenvalue weighted by Crippen LogP contribution is -2.32. The molecule has 1 amide bonds. The molecule has 1 aliphatic carbocycles. The van der Waals surface area contributed by atoms with E-state index in [0.29, 0.717) is 22.7 Å². The van der Waals surface area contributed by atoms with Crippen molar-refractivity contribution in [3.05, 3.63) is 65.0 Å². The van der Waals surface area contributed by atoms with Gasteiger partial charge in [-0.1, -0.05) is 0 Å². The van der Waals surface area contributed by atoms with Gasteiger partial charge in [-0.2, -0.15) is 0 Å².